The van der Waals surface area contributed by atoms with Crippen molar-refractivity contribution in [1.82, 2.24) is 19.4 Å². The van der Waals surface area contributed by atoms with Crippen molar-refractivity contribution in [2.75, 3.05) is 46.2 Å². The Balaban J connectivity index is 1.62. The third kappa shape index (κ3) is 6.88. The summed E-state index contributed by atoms with van der Waals surface area (Å²) in [6.45, 7) is 2.68. The number of aryl methyl sites for hydroxylation is 1. The quantitative estimate of drug-likeness (QED) is 0.324. The molecule has 9 heteroatoms. The zero-order valence-electron chi connectivity index (χ0n) is 22.5. The molecule has 1 aromatic heterocycles. The first kappa shape index (κ1) is 27.5. The van der Waals surface area contributed by atoms with Gasteiger partial charge >= 0.3 is 0 Å². The maximum atomic E-state index is 13.6. The molecule has 0 spiro atoms. The molecule has 0 radical (unpaired) electrons. The van der Waals surface area contributed by atoms with Crippen LogP contribution in [0.25, 0.3) is 16.9 Å². The lowest BCUT2D eigenvalue weighted by Crippen LogP contribution is -2.42. The minimum absolute atomic E-state index is 0.158. The van der Waals surface area contributed by atoms with Gasteiger partial charge in [0.2, 0.25) is 11.9 Å². The molecule has 4 aromatic rings. The number of imidazole rings is 1. The third-order valence-corrected chi connectivity index (χ3v) is 6.26. The number of carbonyl (C=O) groups is 2. The van der Waals surface area contributed by atoms with Crippen LogP contribution in [0.1, 0.15) is 15.9 Å². The third-order valence-electron chi connectivity index (χ3n) is 6.26. The topological polar surface area (TPSA) is 79.7 Å². The Hall–Kier alpha value is -4.50. The van der Waals surface area contributed by atoms with E-state index in [0.29, 0.717) is 35.8 Å². The number of methoxy groups -OCH3 is 1. The standard InChI is InChI=1S/C30H32FN5O3/c1-21-7-5-6-8-26(21)29(38)35(18-17-34(2)3)20-28(37)33-30-32-27(22-9-15-25(39-4)16-10-22)19-36(30)24-13-11-23(31)12-14-24/h5-16,19H,17-18,20H2,1-4H3,(H,32,33,37). The van der Waals surface area contributed by atoms with E-state index in [-0.39, 0.29) is 24.2 Å². The summed E-state index contributed by atoms with van der Waals surface area (Å²) in [4.78, 5) is 34.8. The second-order valence-corrected chi connectivity index (χ2v) is 9.42. The molecule has 1 N–H and O–H groups in total. The van der Waals surface area contributed by atoms with E-state index in [1.54, 1.807) is 36.1 Å². The Kier molecular flexibility index (Phi) is 8.73. The van der Waals surface area contributed by atoms with Gasteiger partial charge in [-0.25, -0.2) is 9.37 Å². The van der Waals surface area contributed by atoms with E-state index in [1.807, 2.05) is 68.4 Å². The van der Waals surface area contributed by atoms with Gasteiger partial charge in [-0.05, 0) is 81.2 Å². The van der Waals surface area contributed by atoms with Crippen LogP contribution in [0.5, 0.6) is 5.75 Å². The molecule has 0 saturated heterocycles. The van der Waals surface area contributed by atoms with Crippen LogP contribution in [-0.2, 0) is 4.79 Å². The van der Waals surface area contributed by atoms with Crippen LogP contribution in [0, 0.1) is 12.7 Å². The molecule has 0 atom stereocenters. The Morgan fingerprint density at radius 3 is 2.31 bits per heavy atom. The van der Waals surface area contributed by atoms with Gasteiger partial charge in [0.25, 0.3) is 5.91 Å². The first-order chi connectivity index (χ1) is 18.7. The van der Waals surface area contributed by atoms with Crippen LogP contribution in [-0.4, -0.2) is 72.0 Å². The highest BCUT2D eigenvalue weighted by Gasteiger charge is 2.22. The summed E-state index contributed by atoms with van der Waals surface area (Å²) >= 11 is 0. The van der Waals surface area contributed by atoms with Crippen LogP contribution < -0.4 is 10.1 Å². The molecule has 2 amide bonds. The first-order valence-electron chi connectivity index (χ1n) is 12.5. The number of likely N-dealkylation sites (N-methyl/N-ethyl adjacent to an activating group) is 1. The second kappa shape index (κ2) is 12.4. The molecular weight excluding hydrogens is 497 g/mol. The number of anilines is 1. The van der Waals surface area contributed by atoms with Crippen molar-refractivity contribution in [1.29, 1.82) is 0 Å². The summed E-state index contributed by atoms with van der Waals surface area (Å²) in [6, 6.07) is 20.6. The fraction of sp³-hybridized carbons (Fsp3) is 0.233. The van der Waals surface area contributed by atoms with Crippen molar-refractivity contribution in [3.05, 3.63) is 95.9 Å². The lowest BCUT2D eigenvalue weighted by Gasteiger charge is -2.24. The Bertz CT molecular complexity index is 1430. The molecule has 0 aliphatic heterocycles. The van der Waals surface area contributed by atoms with Gasteiger partial charge in [0.1, 0.15) is 18.1 Å². The van der Waals surface area contributed by atoms with Crippen molar-refractivity contribution in [2.45, 2.75) is 6.92 Å². The van der Waals surface area contributed by atoms with E-state index < -0.39 is 5.91 Å². The average molecular weight is 530 g/mol. The highest BCUT2D eigenvalue weighted by atomic mass is 19.1. The number of nitrogens with zero attached hydrogens (tertiary/aromatic N) is 4. The minimum Gasteiger partial charge on any atom is -0.497 e. The number of ether oxygens (including phenoxy) is 1. The minimum atomic E-state index is -0.397. The van der Waals surface area contributed by atoms with E-state index in [2.05, 4.69) is 10.3 Å². The molecule has 4 rings (SSSR count). The summed E-state index contributed by atoms with van der Waals surface area (Å²) in [5.41, 5.74) is 3.44. The van der Waals surface area contributed by atoms with Crippen LogP contribution in [0.15, 0.2) is 79.0 Å². The number of rotatable bonds is 10. The summed E-state index contributed by atoms with van der Waals surface area (Å²) in [7, 11) is 5.42. The number of amides is 2. The molecular formula is C30H32FN5O3. The van der Waals surface area contributed by atoms with Gasteiger partial charge < -0.3 is 14.5 Å². The van der Waals surface area contributed by atoms with Crippen molar-refractivity contribution in [3.63, 3.8) is 0 Å². The number of benzene rings is 3. The second-order valence-electron chi connectivity index (χ2n) is 9.42. The van der Waals surface area contributed by atoms with E-state index in [9.17, 15) is 14.0 Å². The highest BCUT2D eigenvalue weighted by molar-refractivity contribution is 6.00. The molecule has 0 unspecified atom stereocenters. The van der Waals surface area contributed by atoms with E-state index in [1.165, 1.54) is 17.0 Å². The maximum absolute atomic E-state index is 13.6. The molecule has 3 aromatic carbocycles. The Morgan fingerprint density at radius 1 is 0.974 bits per heavy atom. The number of hydrogen-bond acceptors (Lipinski definition) is 5. The first-order valence-corrected chi connectivity index (χ1v) is 12.5. The maximum Gasteiger partial charge on any atom is 0.254 e. The number of hydrogen-bond donors (Lipinski definition) is 1. The van der Waals surface area contributed by atoms with Crippen molar-refractivity contribution in [2.24, 2.45) is 0 Å². The smallest absolute Gasteiger partial charge is 0.254 e. The predicted molar refractivity (Wildman–Crippen MR) is 150 cm³/mol. The summed E-state index contributed by atoms with van der Waals surface area (Å²) in [5.74, 6) is -0.0161. The lowest BCUT2D eigenvalue weighted by atomic mass is 10.1. The number of nitrogens with one attached hydrogen (secondary N) is 1. The van der Waals surface area contributed by atoms with Gasteiger partial charge in [-0.1, -0.05) is 18.2 Å². The monoisotopic (exact) mass is 529 g/mol. The molecule has 39 heavy (non-hydrogen) atoms. The summed E-state index contributed by atoms with van der Waals surface area (Å²) in [5, 5.41) is 2.86. The fourth-order valence-electron chi connectivity index (χ4n) is 4.06. The molecule has 0 fully saturated rings. The van der Waals surface area contributed by atoms with Gasteiger partial charge in [0.05, 0.1) is 12.8 Å². The average Bonchev–Trinajstić information content (AvgIpc) is 3.34. The number of halogens is 1. The molecule has 1 heterocycles. The van der Waals surface area contributed by atoms with E-state index in [0.717, 1.165) is 11.1 Å². The van der Waals surface area contributed by atoms with Gasteiger partial charge in [0, 0.05) is 36.1 Å². The molecule has 8 nitrogen and oxygen atoms in total. The van der Waals surface area contributed by atoms with E-state index >= 15 is 0 Å². The molecule has 0 bridgehead atoms. The largest absolute Gasteiger partial charge is 0.497 e. The zero-order valence-corrected chi connectivity index (χ0v) is 22.5. The van der Waals surface area contributed by atoms with Gasteiger partial charge in [-0.15, -0.1) is 0 Å². The summed E-state index contributed by atoms with van der Waals surface area (Å²) in [6.07, 6.45) is 1.77. The number of carbonyl (C=O) groups excluding carboxylic acids is 2. The van der Waals surface area contributed by atoms with E-state index in [4.69, 9.17) is 4.74 Å². The van der Waals surface area contributed by atoms with Gasteiger partial charge in [-0.2, -0.15) is 0 Å². The lowest BCUT2D eigenvalue weighted by molar-refractivity contribution is -0.117. The van der Waals surface area contributed by atoms with Crippen molar-refractivity contribution >= 4 is 17.8 Å². The zero-order chi connectivity index (χ0) is 27.9. The molecule has 0 saturated carbocycles. The Labute approximate surface area is 227 Å². The van der Waals surface area contributed by atoms with Gasteiger partial charge in [0.15, 0.2) is 0 Å². The SMILES string of the molecule is COc1ccc(-c2cn(-c3ccc(F)cc3)c(NC(=O)CN(CCN(C)C)C(=O)c3ccccc3C)n2)cc1. The van der Waals surface area contributed by atoms with Crippen LogP contribution >= 0.6 is 0 Å². The van der Waals surface area contributed by atoms with Crippen molar-refractivity contribution < 1.29 is 18.7 Å². The molecule has 202 valence electrons. The van der Waals surface area contributed by atoms with Gasteiger partial charge in [-0.3, -0.25) is 19.5 Å². The van der Waals surface area contributed by atoms with Crippen LogP contribution in [0.4, 0.5) is 10.3 Å². The molecule has 0 aliphatic rings. The highest BCUT2D eigenvalue weighted by Crippen LogP contribution is 2.26. The predicted octanol–water partition coefficient (Wildman–Crippen LogP) is 4.64. The summed E-state index contributed by atoms with van der Waals surface area (Å²) < 4.78 is 20.6. The fourth-order valence-corrected chi connectivity index (χ4v) is 4.06. The van der Waals surface area contributed by atoms with Crippen LogP contribution in [0.3, 0.4) is 0 Å². The molecule has 0 aliphatic carbocycles. The number of aromatic nitrogens is 2. The normalized spacial score (nSPS) is 10.9. The Morgan fingerprint density at radius 2 is 1.67 bits per heavy atom. The van der Waals surface area contributed by atoms with Crippen molar-refractivity contribution in [3.8, 4) is 22.7 Å². The van der Waals surface area contributed by atoms with Crippen LogP contribution in [0.2, 0.25) is 0 Å².